The fraction of sp³-hybridized carbons (Fsp3) is 0.0909. The molecular weight excluding hydrogens is 272 g/mol. The Morgan fingerprint density at radius 3 is 2.94 bits per heavy atom. The van der Waals surface area contributed by atoms with Gasteiger partial charge < -0.3 is 9.73 Å². The van der Waals surface area contributed by atoms with Gasteiger partial charge in [-0.2, -0.15) is 0 Å². The number of hydrogen-bond acceptors (Lipinski definition) is 3. The molecule has 5 heteroatoms. The predicted molar refractivity (Wildman–Crippen MR) is 63.3 cm³/mol. The zero-order chi connectivity index (χ0) is 11.5. The molecule has 0 radical (unpaired) electrons. The zero-order valence-electron chi connectivity index (χ0n) is 8.53. The Labute approximate surface area is 101 Å². The lowest BCUT2D eigenvalue weighted by Crippen LogP contribution is -2.12. The van der Waals surface area contributed by atoms with E-state index in [1.807, 2.05) is 6.92 Å². The van der Waals surface area contributed by atoms with Gasteiger partial charge in [0.2, 0.25) is 0 Å². The number of amides is 1. The van der Waals surface area contributed by atoms with Crippen LogP contribution in [0.15, 0.2) is 39.7 Å². The molecule has 4 nitrogen and oxygen atoms in total. The SMILES string of the molecule is Cc1ccoc1C(=O)Nc1cccnc1Br. The summed E-state index contributed by atoms with van der Waals surface area (Å²) in [7, 11) is 0. The Balaban J connectivity index is 2.21. The van der Waals surface area contributed by atoms with Gasteiger partial charge in [-0.1, -0.05) is 0 Å². The van der Waals surface area contributed by atoms with Crippen molar-refractivity contribution in [3.8, 4) is 0 Å². The summed E-state index contributed by atoms with van der Waals surface area (Å²) in [5, 5.41) is 2.71. The summed E-state index contributed by atoms with van der Waals surface area (Å²) in [5.41, 5.74) is 1.42. The summed E-state index contributed by atoms with van der Waals surface area (Å²) in [4.78, 5) is 15.8. The first-order valence-corrected chi connectivity index (χ1v) is 5.44. The number of nitrogens with one attached hydrogen (secondary N) is 1. The highest BCUT2D eigenvalue weighted by Gasteiger charge is 2.13. The van der Waals surface area contributed by atoms with Crippen LogP contribution in [0.25, 0.3) is 0 Å². The number of pyridine rings is 1. The molecular formula is C11H9BrN2O2. The monoisotopic (exact) mass is 280 g/mol. The number of carbonyl (C=O) groups excluding carboxylic acids is 1. The molecule has 0 aromatic carbocycles. The molecule has 0 aliphatic heterocycles. The van der Waals surface area contributed by atoms with Crippen LogP contribution in [-0.4, -0.2) is 10.9 Å². The molecule has 2 aromatic heterocycles. The van der Waals surface area contributed by atoms with Gasteiger partial charge >= 0.3 is 0 Å². The molecule has 2 heterocycles. The molecule has 0 bridgehead atoms. The first-order chi connectivity index (χ1) is 7.68. The minimum Gasteiger partial charge on any atom is -0.459 e. The topological polar surface area (TPSA) is 55.1 Å². The number of rotatable bonds is 2. The first kappa shape index (κ1) is 10.9. The van der Waals surface area contributed by atoms with Gasteiger partial charge in [-0.25, -0.2) is 4.98 Å². The molecule has 0 aliphatic carbocycles. The van der Waals surface area contributed by atoms with Crippen molar-refractivity contribution in [2.45, 2.75) is 6.92 Å². The third kappa shape index (κ3) is 2.14. The van der Waals surface area contributed by atoms with Crippen molar-refractivity contribution in [1.29, 1.82) is 0 Å². The van der Waals surface area contributed by atoms with Crippen molar-refractivity contribution in [2.24, 2.45) is 0 Å². The van der Waals surface area contributed by atoms with E-state index in [9.17, 15) is 4.79 Å². The Hall–Kier alpha value is -1.62. The molecule has 0 saturated carbocycles. The third-order valence-corrected chi connectivity index (χ3v) is 2.71. The molecule has 2 aromatic rings. The fourth-order valence-electron chi connectivity index (χ4n) is 1.26. The van der Waals surface area contributed by atoms with Crippen LogP contribution in [0.1, 0.15) is 16.1 Å². The maximum atomic E-state index is 11.8. The number of aryl methyl sites for hydroxylation is 1. The second kappa shape index (κ2) is 4.49. The number of furan rings is 1. The fourth-order valence-corrected chi connectivity index (χ4v) is 1.61. The van der Waals surface area contributed by atoms with E-state index < -0.39 is 0 Å². The summed E-state index contributed by atoms with van der Waals surface area (Å²) in [6, 6.07) is 5.25. The first-order valence-electron chi connectivity index (χ1n) is 4.64. The number of hydrogen-bond donors (Lipinski definition) is 1. The molecule has 0 aliphatic rings. The van der Waals surface area contributed by atoms with Gasteiger partial charge in [-0.3, -0.25) is 4.79 Å². The Kier molecular flexibility index (Phi) is 3.05. The van der Waals surface area contributed by atoms with Crippen molar-refractivity contribution in [1.82, 2.24) is 4.98 Å². The number of anilines is 1. The van der Waals surface area contributed by atoms with Crippen LogP contribution < -0.4 is 5.32 Å². The average Bonchev–Trinajstić information content (AvgIpc) is 2.68. The van der Waals surface area contributed by atoms with Crippen LogP contribution in [0, 0.1) is 6.92 Å². The molecule has 1 amide bonds. The third-order valence-electron chi connectivity index (χ3n) is 2.08. The second-order valence-corrected chi connectivity index (χ2v) is 3.98. The molecule has 0 spiro atoms. The minimum atomic E-state index is -0.281. The second-order valence-electron chi connectivity index (χ2n) is 3.23. The van der Waals surface area contributed by atoms with Gasteiger partial charge in [0.1, 0.15) is 4.60 Å². The van der Waals surface area contributed by atoms with Crippen LogP contribution in [0.3, 0.4) is 0 Å². The Morgan fingerprint density at radius 1 is 1.50 bits per heavy atom. The Bertz CT molecular complexity index is 522. The number of aromatic nitrogens is 1. The van der Waals surface area contributed by atoms with Gasteiger partial charge in [0, 0.05) is 11.8 Å². The van der Waals surface area contributed by atoms with Crippen molar-refractivity contribution < 1.29 is 9.21 Å². The maximum Gasteiger partial charge on any atom is 0.291 e. The highest BCUT2D eigenvalue weighted by Crippen LogP contribution is 2.20. The van der Waals surface area contributed by atoms with Crippen molar-refractivity contribution in [2.75, 3.05) is 5.32 Å². The zero-order valence-corrected chi connectivity index (χ0v) is 10.1. The van der Waals surface area contributed by atoms with E-state index in [2.05, 4.69) is 26.2 Å². The smallest absolute Gasteiger partial charge is 0.291 e. The van der Waals surface area contributed by atoms with Crippen LogP contribution in [-0.2, 0) is 0 Å². The van der Waals surface area contributed by atoms with E-state index in [0.717, 1.165) is 5.56 Å². The van der Waals surface area contributed by atoms with Crippen LogP contribution >= 0.6 is 15.9 Å². The summed E-state index contributed by atoms with van der Waals surface area (Å²) >= 11 is 3.25. The molecule has 1 N–H and O–H groups in total. The Morgan fingerprint density at radius 2 is 2.31 bits per heavy atom. The molecule has 0 unspecified atom stereocenters. The van der Waals surface area contributed by atoms with Gasteiger partial charge in [-0.05, 0) is 41.1 Å². The summed E-state index contributed by atoms with van der Waals surface area (Å²) < 4.78 is 5.68. The van der Waals surface area contributed by atoms with E-state index >= 15 is 0 Å². The molecule has 0 fully saturated rings. The normalized spacial score (nSPS) is 10.1. The molecule has 2 rings (SSSR count). The molecule has 16 heavy (non-hydrogen) atoms. The maximum absolute atomic E-state index is 11.8. The minimum absolute atomic E-state index is 0.281. The standard InChI is InChI=1S/C11H9BrN2O2/c1-7-4-6-16-9(7)11(15)14-8-3-2-5-13-10(8)12/h2-6H,1H3,(H,14,15). The molecule has 0 atom stereocenters. The summed E-state index contributed by atoms with van der Waals surface area (Å²) in [6.07, 6.45) is 3.13. The average molecular weight is 281 g/mol. The molecule has 82 valence electrons. The van der Waals surface area contributed by atoms with Crippen molar-refractivity contribution in [3.05, 3.63) is 46.6 Å². The quantitative estimate of drug-likeness (QED) is 0.861. The van der Waals surface area contributed by atoms with Crippen molar-refractivity contribution in [3.63, 3.8) is 0 Å². The highest BCUT2D eigenvalue weighted by molar-refractivity contribution is 9.10. The van der Waals surface area contributed by atoms with E-state index in [-0.39, 0.29) is 5.91 Å². The van der Waals surface area contributed by atoms with E-state index in [1.54, 1.807) is 24.4 Å². The highest BCUT2D eigenvalue weighted by atomic mass is 79.9. The summed E-state index contributed by atoms with van der Waals surface area (Å²) in [5.74, 6) is 0.0342. The van der Waals surface area contributed by atoms with Crippen LogP contribution in [0.4, 0.5) is 5.69 Å². The van der Waals surface area contributed by atoms with E-state index in [1.165, 1.54) is 6.26 Å². The van der Waals surface area contributed by atoms with Gasteiger partial charge in [-0.15, -0.1) is 0 Å². The van der Waals surface area contributed by atoms with Gasteiger partial charge in [0.25, 0.3) is 5.91 Å². The lowest BCUT2D eigenvalue weighted by molar-refractivity contribution is 0.0995. The number of nitrogens with zero attached hydrogens (tertiary/aromatic N) is 1. The largest absolute Gasteiger partial charge is 0.459 e. The lowest BCUT2D eigenvalue weighted by atomic mass is 10.2. The van der Waals surface area contributed by atoms with E-state index in [4.69, 9.17) is 4.42 Å². The summed E-state index contributed by atoms with van der Waals surface area (Å²) in [6.45, 7) is 1.82. The molecule has 0 saturated heterocycles. The lowest BCUT2D eigenvalue weighted by Gasteiger charge is -2.04. The number of halogens is 1. The predicted octanol–water partition coefficient (Wildman–Crippen LogP) is 3.00. The van der Waals surface area contributed by atoms with E-state index in [0.29, 0.717) is 16.1 Å². The van der Waals surface area contributed by atoms with Crippen LogP contribution in [0.5, 0.6) is 0 Å². The van der Waals surface area contributed by atoms with Crippen LogP contribution in [0.2, 0.25) is 0 Å². The van der Waals surface area contributed by atoms with Crippen molar-refractivity contribution >= 4 is 27.5 Å². The van der Waals surface area contributed by atoms with Gasteiger partial charge in [0.05, 0.1) is 12.0 Å². The number of carbonyl (C=O) groups is 1. The van der Waals surface area contributed by atoms with Gasteiger partial charge in [0.15, 0.2) is 5.76 Å².